The Morgan fingerprint density at radius 2 is 1.92 bits per heavy atom. The van der Waals surface area contributed by atoms with Gasteiger partial charge >= 0.3 is 12.1 Å². The van der Waals surface area contributed by atoms with Gasteiger partial charge in [0, 0.05) is 11.2 Å². The Balaban J connectivity index is 2.15. The number of hydrogen-bond acceptors (Lipinski definition) is 3. The van der Waals surface area contributed by atoms with Gasteiger partial charge in [0.1, 0.15) is 5.15 Å². The topological polar surface area (TPSA) is 82.5 Å². The molecular formula is C16H13Cl2N3O3. The fourth-order valence-electron chi connectivity index (χ4n) is 2.98. The molecule has 6 nitrogen and oxygen atoms in total. The van der Waals surface area contributed by atoms with Gasteiger partial charge in [-0.15, -0.1) is 0 Å². The van der Waals surface area contributed by atoms with Crippen LogP contribution in [-0.2, 0) is 5.54 Å². The van der Waals surface area contributed by atoms with Crippen molar-refractivity contribution in [3.05, 3.63) is 63.9 Å². The molecule has 0 saturated carbocycles. The molecule has 2 atom stereocenters. The zero-order valence-electron chi connectivity index (χ0n) is 12.5. The number of hydrogen-bond donors (Lipinski definition) is 2. The van der Waals surface area contributed by atoms with E-state index in [2.05, 4.69) is 10.3 Å². The highest BCUT2D eigenvalue weighted by molar-refractivity contribution is 6.30. The molecule has 8 heteroatoms. The van der Waals surface area contributed by atoms with E-state index in [0.717, 1.165) is 10.5 Å². The van der Waals surface area contributed by atoms with E-state index in [-0.39, 0.29) is 5.15 Å². The monoisotopic (exact) mass is 365 g/mol. The fraction of sp³-hybridized carbons (Fsp3) is 0.188. The molecule has 24 heavy (non-hydrogen) atoms. The molecule has 124 valence electrons. The van der Waals surface area contributed by atoms with Crippen molar-refractivity contribution in [1.82, 2.24) is 15.2 Å². The molecule has 3 rings (SSSR count). The van der Waals surface area contributed by atoms with Gasteiger partial charge in [0.05, 0.1) is 11.6 Å². The molecule has 1 aliphatic rings. The van der Waals surface area contributed by atoms with Crippen LogP contribution in [0.2, 0.25) is 10.2 Å². The zero-order valence-corrected chi connectivity index (χ0v) is 14.0. The second kappa shape index (κ2) is 5.96. The number of carbonyl (C=O) groups is 2. The maximum absolute atomic E-state index is 12.3. The summed E-state index contributed by atoms with van der Waals surface area (Å²) in [5.74, 6) is 0. The second-order valence-corrected chi connectivity index (χ2v) is 6.43. The van der Waals surface area contributed by atoms with Crippen LogP contribution in [0.15, 0.2) is 42.6 Å². The van der Waals surface area contributed by atoms with Gasteiger partial charge in [-0.2, -0.15) is 0 Å². The molecule has 0 unspecified atom stereocenters. The van der Waals surface area contributed by atoms with Gasteiger partial charge in [0.2, 0.25) is 0 Å². The van der Waals surface area contributed by atoms with Gasteiger partial charge in [-0.1, -0.05) is 41.4 Å². The molecule has 0 radical (unpaired) electrons. The summed E-state index contributed by atoms with van der Waals surface area (Å²) in [5, 5.41) is 13.1. The third-order valence-corrected chi connectivity index (χ3v) is 4.58. The normalized spacial score (nSPS) is 23.2. The number of aromatic nitrogens is 1. The van der Waals surface area contributed by atoms with Gasteiger partial charge < -0.3 is 10.4 Å². The summed E-state index contributed by atoms with van der Waals surface area (Å²) in [4.78, 5) is 28.7. The second-order valence-electron chi connectivity index (χ2n) is 5.61. The van der Waals surface area contributed by atoms with Crippen LogP contribution < -0.4 is 5.32 Å². The van der Waals surface area contributed by atoms with Crippen LogP contribution in [0, 0.1) is 0 Å². The lowest BCUT2D eigenvalue weighted by Gasteiger charge is -2.32. The number of urea groups is 1. The predicted octanol–water partition coefficient (Wildman–Crippen LogP) is 4.05. The number of benzene rings is 1. The average Bonchev–Trinajstić information content (AvgIpc) is 2.80. The third-order valence-electron chi connectivity index (χ3n) is 4.11. The number of carbonyl (C=O) groups excluding carboxylic acids is 1. The molecule has 0 spiro atoms. The minimum absolute atomic E-state index is 0.283. The molecule has 1 aromatic heterocycles. The van der Waals surface area contributed by atoms with Crippen LogP contribution in [0.3, 0.4) is 0 Å². The molecule has 2 aromatic rings. The molecule has 2 N–H and O–H groups in total. The molecule has 3 amide bonds. The van der Waals surface area contributed by atoms with Crippen LogP contribution in [-0.4, -0.2) is 27.1 Å². The van der Waals surface area contributed by atoms with Gasteiger partial charge in [0.25, 0.3) is 0 Å². The summed E-state index contributed by atoms with van der Waals surface area (Å²) >= 11 is 11.7. The van der Waals surface area contributed by atoms with Crippen LogP contribution in [0.25, 0.3) is 0 Å². The van der Waals surface area contributed by atoms with Crippen molar-refractivity contribution in [1.29, 1.82) is 0 Å². The summed E-state index contributed by atoms with van der Waals surface area (Å²) in [7, 11) is 0. The Hall–Kier alpha value is -2.31. The number of imide groups is 1. The molecule has 1 fully saturated rings. The van der Waals surface area contributed by atoms with E-state index in [1.807, 2.05) is 0 Å². The van der Waals surface area contributed by atoms with Crippen LogP contribution >= 0.6 is 23.2 Å². The smallest absolute Gasteiger partial charge is 0.416 e. The third kappa shape index (κ3) is 2.68. The number of halogens is 2. The number of nitrogens with one attached hydrogen (secondary N) is 1. The van der Waals surface area contributed by atoms with Gasteiger partial charge in [-0.3, -0.25) is 0 Å². The van der Waals surface area contributed by atoms with Crippen molar-refractivity contribution in [2.75, 3.05) is 0 Å². The van der Waals surface area contributed by atoms with E-state index in [1.165, 1.54) is 6.20 Å². The fourth-order valence-corrected chi connectivity index (χ4v) is 3.22. The van der Waals surface area contributed by atoms with Gasteiger partial charge in [-0.25, -0.2) is 19.5 Å². The quantitative estimate of drug-likeness (QED) is 0.786. The van der Waals surface area contributed by atoms with Crippen molar-refractivity contribution in [3.8, 4) is 0 Å². The van der Waals surface area contributed by atoms with Crippen molar-refractivity contribution in [2.45, 2.75) is 18.5 Å². The Bertz CT molecular complexity index is 795. The first-order valence-electron chi connectivity index (χ1n) is 7.05. The van der Waals surface area contributed by atoms with E-state index in [4.69, 9.17) is 23.2 Å². The molecule has 1 aromatic carbocycles. The summed E-state index contributed by atoms with van der Waals surface area (Å²) in [5.41, 5.74) is 0.303. The SMILES string of the molecule is C[C@@]1(c2ccc(Cl)cc2)NC(=O)N(C(=O)O)[C@@H]1c1ccc(Cl)nc1. The Labute approximate surface area is 148 Å². The molecule has 0 aliphatic carbocycles. The lowest BCUT2D eigenvalue weighted by Crippen LogP contribution is -2.39. The number of amides is 3. The maximum Gasteiger partial charge on any atom is 0.416 e. The molecule has 1 saturated heterocycles. The van der Waals surface area contributed by atoms with Crippen molar-refractivity contribution in [3.63, 3.8) is 0 Å². The highest BCUT2D eigenvalue weighted by Crippen LogP contribution is 2.44. The molecular weight excluding hydrogens is 353 g/mol. The number of rotatable bonds is 2. The van der Waals surface area contributed by atoms with Crippen LogP contribution in [0.5, 0.6) is 0 Å². The molecule has 2 heterocycles. The number of pyridine rings is 1. The molecule has 1 aliphatic heterocycles. The Morgan fingerprint density at radius 1 is 1.25 bits per heavy atom. The predicted molar refractivity (Wildman–Crippen MR) is 89.2 cm³/mol. The Kier molecular flexibility index (Phi) is 4.11. The first-order chi connectivity index (χ1) is 11.3. The van der Waals surface area contributed by atoms with Crippen molar-refractivity contribution in [2.24, 2.45) is 0 Å². The van der Waals surface area contributed by atoms with E-state index in [1.54, 1.807) is 43.3 Å². The minimum atomic E-state index is -1.34. The number of carboxylic acid groups (broad SMARTS) is 1. The summed E-state index contributed by atoms with van der Waals surface area (Å²) < 4.78 is 0. The van der Waals surface area contributed by atoms with Crippen LogP contribution in [0.1, 0.15) is 24.1 Å². The van der Waals surface area contributed by atoms with Crippen molar-refractivity contribution >= 4 is 35.3 Å². The zero-order chi connectivity index (χ0) is 17.5. The van der Waals surface area contributed by atoms with E-state index in [0.29, 0.717) is 10.6 Å². The largest absolute Gasteiger partial charge is 0.465 e. The first kappa shape index (κ1) is 16.5. The Morgan fingerprint density at radius 3 is 2.46 bits per heavy atom. The molecule has 0 bridgehead atoms. The highest BCUT2D eigenvalue weighted by Gasteiger charge is 2.53. The van der Waals surface area contributed by atoms with Crippen molar-refractivity contribution < 1.29 is 14.7 Å². The van der Waals surface area contributed by atoms with E-state index >= 15 is 0 Å². The van der Waals surface area contributed by atoms with Gasteiger partial charge in [0.15, 0.2) is 0 Å². The van der Waals surface area contributed by atoms with E-state index < -0.39 is 23.7 Å². The minimum Gasteiger partial charge on any atom is -0.465 e. The first-order valence-corrected chi connectivity index (χ1v) is 7.80. The summed E-state index contributed by atoms with van der Waals surface area (Å²) in [6, 6.07) is 8.61. The highest BCUT2D eigenvalue weighted by atomic mass is 35.5. The summed E-state index contributed by atoms with van der Waals surface area (Å²) in [6.45, 7) is 1.76. The standard InChI is InChI=1S/C16H13Cl2N3O3/c1-16(10-3-5-11(17)6-4-10)13(9-2-7-12(18)19-8-9)21(15(23)24)14(22)20-16/h2-8,13H,1H3,(H,20,22)(H,23,24)/t13-,16+/m1/s1. The lowest BCUT2D eigenvalue weighted by atomic mass is 9.82. The van der Waals surface area contributed by atoms with Gasteiger partial charge in [-0.05, 0) is 36.2 Å². The van der Waals surface area contributed by atoms with E-state index in [9.17, 15) is 14.7 Å². The van der Waals surface area contributed by atoms with Crippen LogP contribution in [0.4, 0.5) is 9.59 Å². The maximum atomic E-state index is 12.3. The lowest BCUT2D eigenvalue weighted by molar-refractivity contribution is 0.137. The summed E-state index contributed by atoms with van der Waals surface area (Å²) in [6.07, 6.45) is 0.127. The number of nitrogens with zero attached hydrogens (tertiary/aromatic N) is 2. The average molecular weight is 366 g/mol.